The Bertz CT molecular complexity index is 485. The lowest BCUT2D eigenvalue weighted by molar-refractivity contribution is 0.0511. The number of amides is 2. The van der Waals surface area contributed by atoms with Crippen LogP contribution in [0.5, 0.6) is 0 Å². The molecule has 0 saturated carbocycles. The maximum absolute atomic E-state index is 13.1. The van der Waals surface area contributed by atoms with Gasteiger partial charge in [0.15, 0.2) is 11.6 Å². The molecular formula is C12H11F2NO3. The molecule has 1 aliphatic rings. The smallest absolute Gasteiger partial charge is 0.261 e. The van der Waals surface area contributed by atoms with Crippen LogP contribution in [0.25, 0.3) is 0 Å². The minimum atomic E-state index is -1.17. The molecule has 1 atom stereocenters. The fourth-order valence-corrected chi connectivity index (χ4v) is 1.98. The van der Waals surface area contributed by atoms with Gasteiger partial charge in [0.25, 0.3) is 11.8 Å². The summed E-state index contributed by atoms with van der Waals surface area (Å²) in [5.74, 6) is -3.74. The van der Waals surface area contributed by atoms with Gasteiger partial charge in [-0.1, -0.05) is 6.92 Å². The topological polar surface area (TPSA) is 57.6 Å². The van der Waals surface area contributed by atoms with E-state index in [1.165, 1.54) is 0 Å². The molecule has 1 aromatic rings. The Hall–Kier alpha value is -1.82. The van der Waals surface area contributed by atoms with Gasteiger partial charge in [0.2, 0.25) is 0 Å². The Morgan fingerprint density at radius 1 is 1.17 bits per heavy atom. The van der Waals surface area contributed by atoms with Crippen molar-refractivity contribution in [2.75, 3.05) is 6.61 Å². The van der Waals surface area contributed by atoms with Gasteiger partial charge in [0, 0.05) is 0 Å². The number of aliphatic hydroxyl groups excluding tert-OH is 1. The largest absolute Gasteiger partial charge is 0.394 e. The summed E-state index contributed by atoms with van der Waals surface area (Å²) in [5, 5.41) is 9.12. The maximum Gasteiger partial charge on any atom is 0.261 e. The zero-order valence-electron chi connectivity index (χ0n) is 9.61. The SMILES string of the molecule is CC[C@H](CO)N1C(=O)c2cc(F)c(F)cc2C1=O. The third-order valence-corrected chi connectivity index (χ3v) is 3.01. The quantitative estimate of drug-likeness (QED) is 0.829. The predicted octanol–water partition coefficient (Wildman–Crippen LogP) is 1.33. The van der Waals surface area contributed by atoms with E-state index in [0.717, 1.165) is 17.0 Å². The van der Waals surface area contributed by atoms with E-state index in [1.807, 2.05) is 0 Å². The number of imide groups is 1. The number of hydrogen-bond acceptors (Lipinski definition) is 3. The molecule has 0 aromatic heterocycles. The lowest BCUT2D eigenvalue weighted by Crippen LogP contribution is -2.41. The van der Waals surface area contributed by atoms with E-state index in [4.69, 9.17) is 5.11 Å². The Morgan fingerprint density at radius 3 is 1.94 bits per heavy atom. The van der Waals surface area contributed by atoms with Gasteiger partial charge in [0.05, 0.1) is 23.8 Å². The van der Waals surface area contributed by atoms with E-state index in [2.05, 4.69) is 0 Å². The molecule has 0 bridgehead atoms. The van der Waals surface area contributed by atoms with Crippen LogP contribution >= 0.6 is 0 Å². The number of carbonyl (C=O) groups is 2. The van der Waals surface area contributed by atoms with Crippen molar-refractivity contribution in [3.8, 4) is 0 Å². The van der Waals surface area contributed by atoms with Gasteiger partial charge < -0.3 is 5.11 Å². The first kappa shape index (κ1) is 12.6. The molecule has 0 fully saturated rings. The van der Waals surface area contributed by atoms with Crippen molar-refractivity contribution in [1.82, 2.24) is 4.90 Å². The fraction of sp³-hybridized carbons (Fsp3) is 0.333. The molecule has 6 heteroatoms. The Balaban J connectivity index is 2.50. The van der Waals surface area contributed by atoms with Crippen molar-refractivity contribution in [2.45, 2.75) is 19.4 Å². The summed E-state index contributed by atoms with van der Waals surface area (Å²) in [5.41, 5.74) is -0.323. The van der Waals surface area contributed by atoms with Gasteiger partial charge in [-0.15, -0.1) is 0 Å². The summed E-state index contributed by atoms with van der Waals surface area (Å²) >= 11 is 0. The van der Waals surface area contributed by atoms with E-state index in [-0.39, 0.29) is 17.7 Å². The van der Waals surface area contributed by atoms with Crippen LogP contribution in [0.4, 0.5) is 8.78 Å². The van der Waals surface area contributed by atoms with Gasteiger partial charge in [-0.25, -0.2) is 8.78 Å². The van der Waals surface area contributed by atoms with Crippen molar-refractivity contribution in [3.63, 3.8) is 0 Å². The van der Waals surface area contributed by atoms with Crippen molar-refractivity contribution in [2.24, 2.45) is 0 Å². The minimum Gasteiger partial charge on any atom is -0.394 e. The number of carbonyl (C=O) groups excluding carboxylic acids is 2. The minimum absolute atomic E-state index is 0.161. The molecule has 1 aromatic carbocycles. The van der Waals surface area contributed by atoms with Crippen LogP contribution < -0.4 is 0 Å². The highest BCUT2D eigenvalue weighted by atomic mass is 19.2. The summed E-state index contributed by atoms with van der Waals surface area (Å²) in [6.07, 6.45) is 0.368. The second kappa shape index (κ2) is 4.45. The molecular weight excluding hydrogens is 244 g/mol. The van der Waals surface area contributed by atoms with Gasteiger partial charge in [-0.2, -0.15) is 0 Å². The Labute approximate surface area is 102 Å². The Kier molecular flexibility index (Phi) is 3.13. The highest BCUT2D eigenvalue weighted by molar-refractivity contribution is 6.21. The number of fused-ring (bicyclic) bond motifs is 1. The molecule has 2 rings (SSSR count). The summed E-state index contributed by atoms with van der Waals surface area (Å²) in [7, 11) is 0. The third-order valence-electron chi connectivity index (χ3n) is 3.01. The first-order chi connectivity index (χ1) is 8.51. The van der Waals surface area contributed by atoms with Crippen molar-refractivity contribution in [3.05, 3.63) is 34.9 Å². The van der Waals surface area contributed by atoms with Gasteiger partial charge >= 0.3 is 0 Å². The number of halogens is 2. The lowest BCUT2D eigenvalue weighted by atomic mass is 10.1. The molecule has 0 radical (unpaired) electrons. The molecule has 0 aliphatic carbocycles. The average molecular weight is 255 g/mol. The lowest BCUT2D eigenvalue weighted by Gasteiger charge is -2.22. The van der Waals surface area contributed by atoms with Crippen LogP contribution in [0.1, 0.15) is 34.1 Å². The predicted molar refractivity (Wildman–Crippen MR) is 58.0 cm³/mol. The van der Waals surface area contributed by atoms with Crippen molar-refractivity contribution >= 4 is 11.8 Å². The Morgan fingerprint density at radius 2 is 1.61 bits per heavy atom. The fourth-order valence-electron chi connectivity index (χ4n) is 1.98. The molecule has 0 spiro atoms. The first-order valence-corrected chi connectivity index (χ1v) is 5.49. The standard InChI is InChI=1S/C12H11F2NO3/c1-2-6(5-16)15-11(17)7-3-9(13)10(14)4-8(7)12(15)18/h3-4,6,16H,2,5H2,1H3/t6-/m1/s1. The first-order valence-electron chi connectivity index (χ1n) is 5.49. The molecule has 2 amide bonds. The second-order valence-corrected chi connectivity index (χ2v) is 4.04. The summed E-state index contributed by atoms with van der Waals surface area (Å²) in [6, 6.07) is 0.757. The normalized spacial score (nSPS) is 16.1. The van der Waals surface area contributed by atoms with Gasteiger partial charge in [0.1, 0.15) is 0 Å². The number of benzene rings is 1. The van der Waals surface area contributed by atoms with Crippen LogP contribution in [0.3, 0.4) is 0 Å². The monoisotopic (exact) mass is 255 g/mol. The van der Waals surface area contributed by atoms with Crippen molar-refractivity contribution in [1.29, 1.82) is 0 Å². The average Bonchev–Trinajstić information content (AvgIpc) is 2.57. The molecule has 0 unspecified atom stereocenters. The van der Waals surface area contributed by atoms with E-state index < -0.39 is 29.5 Å². The number of nitrogens with zero attached hydrogens (tertiary/aromatic N) is 1. The molecule has 1 N–H and O–H groups in total. The third kappa shape index (κ3) is 1.69. The number of aliphatic hydroxyl groups is 1. The molecule has 18 heavy (non-hydrogen) atoms. The van der Waals surface area contributed by atoms with Crippen LogP contribution in [0, 0.1) is 11.6 Å². The molecule has 0 saturated heterocycles. The molecule has 1 heterocycles. The number of rotatable bonds is 3. The summed E-state index contributed by atoms with van der Waals surface area (Å²) in [4.78, 5) is 24.7. The van der Waals surface area contributed by atoms with Crippen molar-refractivity contribution < 1.29 is 23.5 Å². The second-order valence-electron chi connectivity index (χ2n) is 4.04. The highest BCUT2D eigenvalue weighted by Gasteiger charge is 2.40. The van der Waals surface area contributed by atoms with Gasteiger partial charge in [-0.05, 0) is 18.6 Å². The highest BCUT2D eigenvalue weighted by Crippen LogP contribution is 2.27. The maximum atomic E-state index is 13.1. The summed E-state index contributed by atoms with van der Waals surface area (Å²) < 4.78 is 26.1. The van der Waals surface area contributed by atoms with Crippen LogP contribution in [-0.2, 0) is 0 Å². The zero-order valence-corrected chi connectivity index (χ0v) is 9.61. The van der Waals surface area contributed by atoms with Crippen LogP contribution in [0.2, 0.25) is 0 Å². The van der Waals surface area contributed by atoms with E-state index in [9.17, 15) is 18.4 Å². The van der Waals surface area contributed by atoms with E-state index in [1.54, 1.807) is 6.92 Å². The van der Waals surface area contributed by atoms with Crippen LogP contribution in [-0.4, -0.2) is 34.5 Å². The molecule has 1 aliphatic heterocycles. The van der Waals surface area contributed by atoms with E-state index in [0.29, 0.717) is 6.42 Å². The number of hydrogen-bond donors (Lipinski definition) is 1. The van der Waals surface area contributed by atoms with Gasteiger partial charge in [-0.3, -0.25) is 14.5 Å². The van der Waals surface area contributed by atoms with E-state index >= 15 is 0 Å². The van der Waals surface area contributed by atoms with Crippen LogP contribution in [0.15, 0.2) is 12.1 Å². The zero-order chi connectivity index (χ0) is 13.4. The summed E-state index contributed by atoms with van der Waals surface area (Å²) in [6.45, 7) is 1.32. The molecule has 4 nitrogen and oxygen atoms in total. The molecule has 96 valence electrons.